The summed E-state index contributed by atoms with van der Waals surface area (Å²) in [7, 11) is -1.96. The molecule has 2 heterocycles. The van der Waals surface area contributed by atoms with Crippen molar-refractivity contribution in [1.29, 1.82) is 0 Å². The summed E-state index contributed by atoms with van der Waals surface area (Å²) >= 11 is 0. The van der Waals surface area contributed by atoms with Gasteiger partial charge in [-0.25, -0.2) is 12.8 Å². The van der Waals surface area contributed by atoms with Crippen LogP contribution in [0.2, 0.25) is 0 Å². The maximum Gasteiger partial charge on any atom is 0.324 e. The largest absolute Gasteiger partial charge is 0.493 e. The van der Waals surface area contributed by atoms with Gasteiger partial charge in [0.05, 0.1) is 12.4 Å². The van der Waals surface area contributed by atoms with Crippen LogP contribution in [0.5, 0.6) is 5.75 Å². The van der Waals surface area contributed by atoms with Gasteiger partial charge in [-0.1, -0.05) is 12.1 Å². The van der Waals surface area contributed by atoms with Crippen molar-refractivity contribution in [3.05, 3.63) is 29.8 Å². The standard InChI is InChI=1S/C22H30FN3O5S/c1-3-32(27,28)20-5-4-17(13-19(20)23)30-11-8-16-12-18(16)15-6-9-26(10-7-15)22-24-21(14-29-2)25-31-22/h4-5,13,15-16,18H,3,6-12,14H2,1-2H3/t16-,18-/m0/s1. The number of ether oxygens (including phenoxy) is 2. The van der Waals surface area contributed by atoms with Crippen LogP contribution in [-0.4, -0.2) is 51.1 Å². The minimum Gasteiger partial charge on any atom is -0.493 e. The maximum atomic E-state index is 14.1. The minimum absolute atomic E-state index is 0.129. The van der Waals surface area contributed by atoms with Gasteiger partial charge in [0.15, 0.2) is 15.7 Å². The average Bonchev–Trinajstić information content (AvgIpc) is 3.41. The van der Waals surface area contributed by atoms with Gasteiger partial charge in [0.25, 0.3) is 0 Å². The van der Waals surface area contributed by atoms with Crippen LogP contribution in [0.1, 0.15) is 38.4 Å². The lowest BCUT2D eigenvalue weighted by atomic mass is 9.91. The summed E-state index contributed by atoms with van der Waals surface area (Å²) in [4.78, 5) is 6.24. The van der Waals surface area contributed by atoms with Gasteiger partial charge in [0, 0.05) is 26.3 Å². The summed E-state index contributed by atoms with van der Waals surface area (Å²) in [5.74, 6) is 2.08. The molecule has 1 saturated carbocycles. The van der Waals surface area contributed by atoms with E-state index in [1.54, 1.807) is 7.11 Å². The molecule has 2 aliphatic rings. The first-order valence-corrected chi connectivity index (χ1v) is 12.8. The van der Waals surface area contributed by atoms with Crippen molar-refractivity contribution >= 4 is 15.9 Å². The summed E-state index contributed by atoms with van der Waals surface area (Å²) in [6, 6.07) is 4.56. The van der Waals surface area contributed by atoms with E-state index in [4.69, 9.17) is 14.0 Å². The highest BCUT2D eigenvalue weighted by molar-refractivity contribution is 7.91. The van der Waals surface area contributed by atoms with Gasteiger partial charge in [-0.15, -0.1) is 0 Å². The Morgan fingerprint density at radius 3 is 2.75 bits per heavy atom. The summed E-state index contributed by atoms with van der Waals surface area (Å²) in [6.45, 7) is 4.17. The smallest absolute Gasteiger partial charge is 0.324 e. The number of rotatable bonds is 10. The number of hydrogen-bond acceptors (Lipinski definition) is 8. The van der Waals surface area contributed by atoms with Crippen molar-refractivity contribution in [1.82, 2.24) is 10.1 Å². The maximum absolute atomic E-state index is 14.1. The molecule has 1 aliphatic carbocycles. The molecule has 1 aromatic heterocycles. The molecule has 1 aromatic carbocycles. The molecule has 0 spiro atoms. The molecule has 0 N–H and O–H groups in total. The topological polar surface area (TPSA) is 94.8 Å². The molecule has 2 fully saturated rings. The fraction of sp³-hybridized carbons (Fsp3) is 0.636. The molecule has 1 aliphatic heterocycles. The van der Waals surface area contributed by atoms with Crippen LogP contribution >= 0.6 is 0 Å². The molecule has 2 atom stereocenters. The number of nitrogens with zero attached hydrogens (tertiary/aromatic N) is 3. The number of benzene rings is 1. The van der Waals surface area contributed by atoms with Crippen LogP contribution in [0.15, 0.2) is 27.6 Å². The Bertz CT molecular complexity index is 1020. The van der Waals surface area contributed by atoms with Gasteiger partial charge in [0.1, 0.15) is 23.1 Å². The lowest BCUT2D eigenvalue weighted by Crippen LogP contribution is -2.34. The van der Waals surface area contributed by atoms with Crippen molar-refractivity contribution in [2.45, 2.75) is 44.1 Å². The van der Waals surface area contributed by atoms with Crippen molar-refractivity contribution in [3.8, 4) is 5.75 Å². The third-order valence-corrected chi connectivity index (χ3v) is 8.26. The van der Waals surface area contributed by atoms with E-state index in [1.165, 1.54) is 25.5 Å². The average molecular weight is 468 g/mol. The zero-order valence-electron chi connectivity index (χ0n) is 18.5. The van der Waals surface area contributed by atoms with E-state index in [0.717, 1.165) is 38.4 Å². The van der Waals surface area contributed by atoms with E-state index in [-0.39, 0.29) is 10.6 Å². The number of anilines is 1. The quantitative estimate of drug-likeness (QED) is 0.524. The Morgan fingerprint density at radius 1 is 1.28 bits per heavy atom. The molecule has 2 aromatic rings. The van der Waals surface area contributed by atoms with Gasteiger partial charge >= 0.3 is 6.01 Å². The second kappa shape index (κ2) is 9.74. The van der Waals surface area contributed by atoms with Crippen LogP contribution in [0.25, 0.3) is 0 Å². The van der Waals surface area contributed by atoms with Gasteiger partial charge < -0.3 is 18.9 Å². The minimum atomic E-state index is -3.57. The highest BCUT2D eigenvalue weighted by Gasteiger charge is 2.43. The third kappa shape index (κ3) is 5.23. The molecular weight excluding hydrogens is 437 g/mol. The van der Waals surface area contributed by atoms with Gasteiger partial charge in [0.2, 0.25) is 0 Å². The van der Waals surface area contributed by atoms with E-state index in [0.29, 0.717) is 48.6 Å². The van der Waals surface area contributed by atoms with E-state index in [9.17, 15) is 12.8 Å². The second-order valence-corrected chi connectivity index (χ2v) is 10.8. The van der Waals surface area contributed by atoms with Gasteiger partial charge in [-0.2, -0.15) is 4.98 Å². The summed E-state index contributed by atoms with van der Waals surface area (Å²) < 4.78 is 53.9. The van der Waals surface area contributed by atoms with Crippen molar-refractivity contribution in [2.75, 3.05) is 37.5 Å². The van der Waals surface area contributed by atoms with Crippen molar-refractivity contribution < 1.29 is 26.8 Å². The lowest BCUT2D eigenvalue weighted by molar-refractivity contribution is 0.174. The first-order chi connectivity index (χ1) is 15.4. The predicted octanol–water partition coefficient (Wildman–Crippen LogP) is 3.47. The second-order valence-electron chi connectivity index (χ2n) is 8.54. The van der Waals surface area contributed by atoms with Crippen LogP contribution in [0.3, 0.4) is 0 Å². The van der Waals surface area contributed by atoms with E-state index >= 15 is 0 Å². The molecule has 0 amide bonds. The Morgan fingerprint density at radius 2 is 2.06 bits per heavy atom. The number of piperidine rings is 1. The molecular formula is C22H30FN3O5S. The van der Waals surface area contributed by atoms with E-state index in [1.807, 2.05) is 0 Å². The van der Waals surface area contributed by atoms with Crippen LogP contribution < -0.4 is 9.64 Å². The fourth-order valence-corrected chi connectivity index (χ4v) is 5.51. The monoisotopic (exact) mass is 467 g/mol. The molecule has 1 saturated heterocycles. The Labute approximate surface area is 188 Å². The number of sulfone groups is 1. The molecule has 0 unspecified atom stereocenters. The Balaban J connectivity index is 1.19. The number of aromatic nitrogens is 2. The lowest BCUT2D eigenvalue weighted by Gasteiger charge is -2.30. The van der Waals surface area contributed by atoms with E-state index in [2.05, 4.69) is 15.0 Å². The molecule has 32 heavy (non-hydrogen) atoms. The summed E-state index contributed by atoms with van der Waals surface area (Å²) in [5, 5.41) is 3.92. The molecule has 0 bridgehead atoms. The molecule has 4 rings (SSSR count). The summed E-state index contributed by atoms with van der Waals surface area (Å²) in [6.07, 6.45) is 4.32. The molecule has 10 heteroatoms. The van der Waals surface area contributed by atoms with Crippen LogP contribution in [0.4, 0.5) is 10.4 Å². The first kappa shape index (κ1) is 23.0. The SMILES string of the molecule is CCS(=O)(=O)c1ccc(OCC[C@H]2C[C@H]2C2CCN(c3nc(COC)no3)CC2)cc1F. The zero-order chi connectivity index (χ0) is 22.7. The number of hydrogen-bond donors (Lipinski definition) is 0. The van der Waals surface area contributed by atoms with Crippen molar-refractivity contribution in [3.63, 3.8) is 0 Å². The molecule has 8 nitrogen and oxygen atoms in total. The Hall–Kier alpha value is -2.20. The van der Waals surface area contributed by atoms with Gasteiger partial charge in [-0.3, -0.25) is 0 Å². The Kier molecular flexibility index (Phi) is 6.99. The van der Waals surface area contributed by atoms with Crippen LogP contribution in [0, 0.1) is 23.6 Å². The number of methoxy groups -OCH3 is 1. The zero-order valence-corrected chi connectivity index (χ0v) is 19.3. The fourth-order valence-electron chi connectivity index (χ4n) is 4.57. The predicted molar refractivity (Wildman–Crippen MR) is 116 cm³/mol. The molecule has 0 radical (unpaired) electrons. The number of halogens is 1. The van der Waals surface area contributed by atoms with Gasteiger partial charge in [-0.05, 0) is 55.6 Å². The first-order valence-electron chi connectivity index (χ1n) is 11.1. The van der Waals surface area contributed by atoms with E-state index < -0.39 is 15.7 Å². The highest BCUT2D eigenvalue weighted by Crippen LogP contribution is 2.50. The molecule has 176 valence electrons. The summed E-state index contributed by atoms with van der Waals surface area (Å²) in [5.41, 5.74) is 0. The van der Waals surface area contributed by atoms with Crippen molar-refractivity contribution in [2.24, 2.45) is 17.8 Å². The highest BCUT2D eigenvalue weighted by atomic mass is 32.2. The van der Waals surface area contributed by atoms with Crippen LogP contribution in [-0.2, 0) is 21.2 Å². The third-order valence-electron chi connectivity index (χ3n) is 6.50. The normalized spacial score (nSPS) is 21.7.